The first kappa shape index (κ1) is 17.2. The third-order valence-electron chi connectivity index (χ3n) is 3.63. The van der Waals surface area contributed by atoms with Gasteiger partial charge in [-0.2, -0.15) is 0 Å². The fourth-order valence-corrected chi connectivity index (χ4v) is 1.83. The summed E-state index contributed by atoms with van der Waals surface area (Å²) in [6.45, 7) is 7.21. The van der Waals surface area contributed by atoms with E-state index in [-0.39, 0.29) is 36.7 Å². The van der Waals surface area contributed by atoms with E-state index >= 15 is 0 Å². The minimum Gasteiger partial charge on any atom is -0.348 e. The molecular formula is C12H24ClN3O2. The van der Waals surface area contributed by atoms with Crippen LogP contribution in [0.5, 0.6) is 0 Å². The normalized spacial score (nSPS) is 18.5. The van der Waals surface area contributed by atoms with E-state index in [0.29, 0.717) is 19.5 Å². The molecule has 1 rings (SSSR count). The van der Waals surface area contributed by atoms with Gasteiger partial charge in [0.2, 0.25) is 11.8 Å². The predicted molar refractivity (Wildman–Crippen MR) is 73.5 cm³/mol. The molecule has 0 aromatic heterocycles. The Morgan fingerprint density at radius 1 is 1.56 bits per heavy atom. The summed E-state index contributed by atoms with van der Waals surface area (Å²) in [7, 11) is 0. The molecule has 1 saturated heterocycles. The van der Waals surface area contributed by atoms with E-state index in [1.165, 1.54) is 0 Å². The molecule has 1 unspecified atom stereocenters. The zero-order valence-corrected chi connectivity index (χ0v) is 12.2. The molecule has 106 valence electrons. The van der Waals surface area contributed by atoms with Crippen LogP contribution in [-0.4, -0.2) is 41.9 Å². The highest BCUT2D eigenvalue weighted by Crippen LogP contribution is 2.15. The Hall–Kier alpha value is -0.810. The van der Waals surface area contributed by atoms with E-state index in [2.05, 4.69) is 5.32 Å². The number of rotatable bonds is 5. The van der Waals surface area contributed by atoms with Crippen LogP contribution in [0.25, 0.3) is 0 Å². The number of halogens is 1. The van der Waals surface area contributed by atoms with E-state index in [1.54, 1.807) is 4.90 Å². The van der Waals surface area contributed by atoms with Crippen LogP contribution < -0.4 is 11.1 Å². The zero-order valence-electron chi connectivity index (χ0n) is 11.4. The number of nitrogens with one attached hydrogen (secondary N) is 1. The average molecular weight is 278 g/mol. The second-order valence-corrected chi connectivity index (χ2v) is 5.24. The summed E-state index contributed by atoms with van der Waals surface area (Å²) >= 11 is 0. The molecule has 1 heterocycles. The van der Waals surface area contributed by atoms with Gasteiger partial charge < -0.3 is 16.0 Å². The van der Waals surface area contributed by atoms with Crippen LogP contribution in [0.1, 0.15) is 33.6 Å². The summed E-state index contributed by atoms with van der Waals surface area (Å²) in [5, 5.41) is 2.93. The summed E-state index contributed by atoms with van der Waals surface area (Å²) in [6.07, 6.45) is 1.41. The van der Waals surface area contributed by atoms with Gasteiger partial charge in [0.05, 0.1) is 12.1 Å². The first-order chi connectivity index (χ1) is 7.89. The maximum Gasteiger partial charge on any atom is 0.240 e. The molecule has 0 radical (unpaired) electrons. The minimum atomic E-state index is -0.403. The quantitative estimate of drug-likeness (QED) is 0.769. The predicted octanol–water partition coefficient (Wildman–Crippen LogP) is 0.520. The highest BCUT2D eigenvalue weighted by atomic mass is 35.5. The molecule has 5 nitrogen and oxygen atoms in total. The number of amides is 2. The van der Waals surface area contributed by atoms with E-state index in [4.69, 9.17) is 5.73 Å². The SMILES string of the molecule is CC(C)C(C)(CN)NC(=O)CN1CCCC1=O.Cl. The Labute approximate surface area is 115 Å². The fraction of sp³-hybridized carbons (Fsp3) is 0.833. The monoisotopic (exact) mass is 277 g/mol. The van der Waals surface area contributed by atoms with E-state index < -0.39 is 5.54 Å². The molecule has 0 spiro atoms. The van der Waals surface area contributed by atoms with Crippen molar-refractivity contribution in [3.8, 4) is 0 Å². The van der Waals surface area contributed by atoms with Gasteiger partial charge in [-0.15, -0.1) is 12.4 Å². The van der Waals surface area contributed by atoms with Gasteiger partial charge in [0, 0.05) is 19.5 Å². The van der Waals surface area contributed by atoms with Crippen LogP contribution in [0.4, 0.5) is 0 Å². The molecule has 0 bridgehead atoms. The number of carbonyl (C=O) groups excluding carboxylic acids is 2. The van der Waals surface area contributed by atoms with Gasteiger partial charge in [0.15, 0.2) is 0 Å². The average Bonchev–Trinajstić information content (AvgIpc) is 2.63. The Balaban J connectivity index is 0.00000289. The van der Waals surface area contributed by atoms with Gasteiger partial charge in [-0.25, -0.2) is 0 Å². The molecule has 1 aliphatic heterocycles. The molecule has 18 heavy (non-hydrogen) atoms. The fourth-order valence-electron chi connectivity index (χ4n) is 1.83. The maximum atomic E-state index is 11.9. The standard InChI is InChI=1S/C12H23N3O2.ClH/c1-9(2)12(3,8-13)14-10(16)7-15-6-4-5-11(15)17;/h9H,4-8,13H2,1-3H3,(H,14,16);1H. The topological polar surface area (TPSA) is 75.4 Å². The molecule has 0 aliphatic carbocycles. The second-order valence-electron chi connectivity index (χ2n) is 5.24. The summed E-state index contributed by atoms with van der Waals surface area (Å²) < 4.78 is 0. The van der Waals surface area contributed by atoms with Gasteiger partial charge in [0.1, 0.15) is 0 Å². The summed E-state index contributed by atoms with van der Waals surface area (Å²) in [5.74, 6) is 0.201. The lowest BCUT2D eigenvalue weighted by Gasteiger charge is -2.34. The van der Waals surface area contributed by atoms with Gasteiger partial charge in [-0.1, -0.05) is 13.8 Å². The zero-order chi connectivity index (χ0) is 13.1. The third-order valence-corrected chi connectivity index (χ3v) is 3.63. The maximum absolute atomic E-state index is 11.9. The van der Waals surface area contributed by atoms with E-state index in [0.717, 1.165) is 6.42 Å². The minimum absolute atomic E-state index is 0. The molecule has 1 atom stereocenters. The van der Waals surface area contributed by atoms with Gasteiger partial charge >= 0.3 is 0 Å². The molecule has 3 N–H and O–H groups in total. The van der Waals surface area contributed by atoms with Crippen LogP contribution in [-0.2, 0) is 9.59 Å². The van der Waals surface area contributed by atoms with Gasteiger partial charge in [-0.3, -0.25) is 9.59 Å². The summed E-state index contributed by atoms with van der Waals surface area (Å²) in [6, 6.07) is 0. The second kappa shape index (κ2) is 6.95. The van der Waals surface area contributed by atoms with E-state index in [9.17, 15) is 9.59 Å². The summed E-state index contributed by atoms with van der Waals surface area (Å²) in [5.41, 5.74) is 5.29. The van der Waals surface area contributed by atoms with Crippen LogP contribution in [0.3, 0.4) is 0 Å². The smallest absolute Gasteiger partial charge is 0.240 e. The number of nitrogens with zero attached hydrogens (tertiary/aromatic N) is 1. The lowest BCUT2D eigenvalue weighted by molar-refractivity contribution is -0.134. The van der Waals surface area contributed by atoms with Gasteiger partial charge in [-0.05, 0) is 19.3 Å². The van der Waals surface area contributed by atoms with Crippen molar-refractivity contribution in [3.05, 3.63) is 0 Å². The van der Waals surface area contributed by atoms with Crippen LogP contribution in [0.15, 0.2) is 0 Å². The lowest BCUT2D eigenvalue weighted by Crippen LogP contribution is -2.57. The molecule has 0 aromatic rings. The third kappa shape index (κ3) is 4.14. The first-order valence-corrected chi connectivity index (χ1v) is 6.18. The number of hydrogen-bond acceptors (Lipinski definition) is 3. The molecule has 0 saturated carbocycles. The van der Waals surface area contributed by atoms with Crippen molar-refractivity contribution in [1.82, 2.24) is 10.2 Å². The highest BCUT2D eigenvalue weighted by molar-refractivity contribution is 5.86. The first-order valence-electron chi connectivity index (χ1n) is 6.18. The Morgan fingerprint density at radius 2 is 2.17 bits per heavy atom. The van der Waals surface area contributed by atoms with Crippen molar-refractivity contribution in [2.24, 2.45) is 11.7 Å². The lowest BCUT2D eigenvalue weighted by atomic mass is 9.88. The molecule has 0 aromatic carbocycles. The summed E-state index contributed by atoms with van der Waals surface area (Å²) in [4.78, 5) is 24.9. The van der Waals surface area contributed by atoms with E-state index in [1.807, 2.05) is 20.8 Å². The molecular weight excluding hydrogens is 254 g/mol. The van der Waals surface area contributed by atoms with Gasteiger partial charge in [0.25, 0.3) is 0 Å². The Bertz CT molecular complexity index is 310. The van der Waals surface area contributed by atoms with Crippen LogP contribution in [0.2, 0.25) is 0 Å². The molecule has 1 fully saturated rings. The highest BCUT2D eigenvalue weighted by Gasteiger charge is 2.30. The van der Waals surface area contributed by atoms with Crippen LogP contribution in [0, 0.1) is 5.92 Å². The molecule has 2 amide bonds. The largest absolute Gasteiger partial charge is 0.348 e. The Morgan fingerprint density at radius 3 is 2.56 bits per heavy atom. The number of carbonyl (C=O) groups is 2. The molecule has 1 aliphatic rings. The van der Waals surface area contributed by atoms with Crippen molar-refractivity contribution < 1.29 is 9.59 Å². The van der Waals surface area contributed by atoms with Crippen molar-refractivity contribution >= 4 is 24.2 Å². The number of likely N-dealkylation sites (tertiary alicyclic amines) is 1. The van der Waals surface area contributed by atoms with Crippen molar-refractivity contribution in [2.45, 2.75) is 39.2 Å². The molecule has 6 heteroatoms. The Kier molecular flexibility index (Phi) is 6.63. The number of nitrogens with two attached hydrogens (primary N) is 1. The van der Waals surface area contributed by atoms with Crippen molar-refractivity contribution in [3.63, 3.8) is 0 Å². The van der Waals surface area contributed by atoms with Crippen molar-refractivity contribution in [1.29, 1.82) is 0 Å². The number of hydrogen-bond donors (Lipinski definition) is 2. The van der Waals surface area contributed by atoms with Crippen LogP contribution >= 0.6 is 12.4 Å². The van der Waals surface area contributed by atoms with Crippen molar-refractivity contribution in [2.75, 3.05) is 19.6 Å².